The van der Waals surface area contributed by atoms with Crippen molar-refractivity contribution in [3.8, 4) is 0 Å². The number of hydrogen-bond donors (Lipinski definition) is 1. The van der Waals surface area contributed by atoms with Gasteiger partial charge in [0.25, 0.3) is 0 Å². The topological polar surface area (TPSA) is 45.8 Å². The first-order valence-corrected chi connectivity index (χ1v) is 4.04. The average molecular weight is 166 g/mol. The summed E-state index contributed by atoms with van der Waals surface area (Å²) >= 11 is 1.19. The van der Waals surface area contributed by atoms with Gasteiger partial charge in [-0.25, -0.2) is 4.98 Å². The molecule has 0 radical (unpaired) electrons. The van der Waals surface area contributed by atoms with E-state index in [0.29, 0.717) is 5.65 Å². The third kappa shape index (κ3) is 1.05. The molecule has 2 heterocycles. The number of hydrogen-bond acceptors (Lipinski definition) is 3. The molecule has 4 heteroatoms. The number of aromatic nitrogens is 2. The number of aromatic amines is 1. The van der Waals surface area contributed by atoms with Crippen LogP contribution in [0.5, 0.6) is 0 Å². The smallest absolute Gasteiger partial charge is 0.297 e. The summed E-state index contributed by atoms with van der Waals surface area (Å²) in [4.78, 5) is 17.6. The van der Waals surface area contributed by atoms with Crippen molar-refractivity contribution in [2.45, 2.75) is 6.92 Å². The maximum atomic E-state index is 10.8. The number of thiazole rings is 1. The highest BCUT2D eigenvalue weighted by Gasteiger charge is 1.98. The molecule has 0 amide bonds. The molecule has 1 N–H and O–H groups in total. The van der Waals surface area contributed by atoms with E-state index < -0.39 is 0 Å². The number of nitrogens with zero attached hydrogens (tertiary/aromatic N) is 1. The van der Waals surface area contributed by atoms with Gasteiger partial charge in [-0.2, -0.15) is 0 Å². The van der Waals surface area contributed by atoms with Gasteiger partial charge >= 0.3 is 4.87 Å². The molecule has 0 saturated heterocycles. The molecule has 0 atom stereocenters. The zero-order valence-electron chi connectivity index (χ0n) is 5.92. The lowest BCUT2D eigenvalue weighted by molar-refractivity contribution is 1.21. The van der Waals surface area contributed by atoms with Crippen LogP contribution < -0.4 is 4.87 Å². The largest absolute Gasteiger partial charge is 0.306 e. The summed E-state index contributed by atoms with van der Waals surface area (Å²) in [5.74, 6) is 0. The minimum atomic E-state index is -0.0434. The molecule has 0 saturated carbocycles. The van der Waals surface area contributed by atoms with Crippen LogP contribution in [-0.4, -0.2) is 9.97 Å². The first-order valence-electron chi connectivity index (χ1n) is 3.22. The molecule has 2 aromatic rings. The Morgan fingerprint density at radius 3 is 3.18 bits per heavy atom. The fourth-order valence-electron chi connectivity index (χ4n) is 0.938. The Morgan fingerprint density at radius 2 is 2.36 bits per heavy atom. The van der Waals surface area contributed by atoms with Crippen molar-refractivity contribution in [1.82, 2.24) is 9.97 Å². The maximum Gasteiger partial charge on any atom is 0.306 e. The van der Waals surface area contributed by atoms with Crippen LogP contribution in [0.2, 0.25) is 0 Å². The average Bonchev–Trinajstić information content (AvgIpc) is 2.27. The van der Waals surface area contributed by atoms with Crippen LogP contribution in [0.25, 0.3) is 10.3 Å². The van der Waals surface area contributed by atoms with E-state index in [2.05, 4.69) is 9.97 Å². The number of rotatable bonds is 0. The Kier molecular flexibility index (Phi) is 1.29. The van der Waals surface area contributed by atoms with Crippen molar-refractivity contribution in [2.75, 3.05) is 0 Å². The summed E-state index contributed by atoms with van der Waals surface area (Å²) in [5.41, 5.74) is 1.62. The van der Waals surface area contributed by atoms with E-state index in [9.17, 15) is 4.79 Å². The lowest BCUT2D eigenvalue weighted by atomic mass is 10.4. The zero-order chi connectivity index (χ0) is 7.84. The van der Waals surface area contributed by atoms with Crippen LogP contribution in [0.3, 0.4) is 0 Å². The molecular formula is C7H6N2OS. The minimum absolute atomic E-state index is 0.0434. The standard InChI is InChI=1S/C7H6N2OS/c1-4-2-3-5-6(8-4)9-7(10)11-5/h2-3H,1H3,(H,8,9,10). The van der Waals surface area contributed by atoms with E-state index in [-0.39, 0.29) is 4.87 Å². The number of pyridine rings is 1. The number of nitrogens with one attached hydrogen (secondary N) is 1. The molecule has 0 spiro atoms. The van der Waals surface area contributed by atoms with Gasteiger partial charge < -0.3 is 0 Å². The van der Waals surface area contributed by atoms with Gasteiger partial charge in [-0.1, -0.05) is 11.3 Å². The molecule has 2 aromatic heterocycles. The molecule has 0 fully saturated rings. The van der Waals surface area contributed by atoms with Gasteiger partial charge in [0, 0.05) is 5.69 Å². The normalized spacial score (nSPS) is 10.6. The molecule has 0 aromatic carbocycles. The predicted molar refractivity (Wildman–Crippen MR) is 45.0 cm³/mol. The molecule has 2 rings (SSSR count). The Morgan fingerprint density at radius 1 is 1.55 bits per heavy atom. The van der Waals surface area contributed by atoms with Crippen LogP contribution in [0.1, 0.15) is 5.69 Å². The van der Waals surface area contributed by atoms with Gasteiger partial charge in [0.2, 0.25) is 0 Å². The lowest BCUT2D eigenvalue weighted by Gasteiger charge is -1.88. The van der Waals surface area contributed by atoms with Crippen molar-refractivity contribution >= 4 is 21.7 Å². The van der Waals surface area contributed by atoms with Crippen molar-refractivity contribution in [3.05, 3.63) is 27.5 Å². The summed E-state index contributed by atoms with van der Waals surface area (Å²) in [5, 5.41) is 0. The SMILES string of the molecule is Cc1ccc2sc(=O)[nH]c2n1. The van der Waals surface area contributed by atoms with Crippen LogP contribution in [0.15, 0.2) is 16.9 Å². The van der Waals surface area contributed by atoms with Gasteiger partial charge in [-0.15, -0.1) is 0 Å². The highest BCUT2D eigenvalue weighted by molar-refractivity contribution is 7.16. The third-order valence-electron chi connectivity index (χ3n) is 1.42. The molecule has 3 nitrogen and oxygen atoms in total. The second kappa shape index (κ2) is 2.17. The molecule has 0 aliphatic carbocycles. The van der Waals surface area contributed by atoms with Crippen molar-refractivity contribution < 1.29 is 0 Å². The van der Waals surface area contributed by atoms with Crippen LogP contribution in [0, 0.1) is 6.92 Å². The molecular weight excluding hydrogens is 160 g/mol. The highest BCUT2D eigenvalue weighted by atomic mass is 32.1. The van der Waals surface area contributed by atoms with Gasteiger partial charge in [-0.3, -0.25) is 9.78 Å². The molecule has 56 valence electrons. The summed E-state index contributed by atoms with van der Waals surface area (Å²) in [6.45, 7) is 1.90. The molecule has 0 aliphatic rings. The Hall–Kier alpha value is -1.16. The predicted octanol–water partition coefficient (Wildman–Crippen LogP) is 1.29. The van der Waals surface area contributed by atoms with Crippen LogP contribution >= 0.6 is 11.3 Å². The first kappa shape index (κ1) is 6.54. The zero-order valence-corrected chi connectivity index (χ0v) is 6.73. The fraction of sp³-hybridized carbons (Fsp3) is 0.143. The van der Waals surface area contributed by atoms with Gasteiger partial charge in [0.15, 0.2) is 5.65 Å². The second-order valence-corrected chi connectivity index (χ2v) is 3.33. The molecule has 0 bridgehead atoms. The quantitative estimate of drug-likeness (QED) is 0.641. The van der Waals surface area contributed by atoms with E-state index >= 15 is 0 Å². The first-order chi connectivity index (χ1) is 5.25. The Balaban J connectivity index is 2.92. The number of fused-ring (bicyclic) bond motifs is 1. The van der Waals surface area contributed by atoms with Gasteiger partial charge in [-0.05, 0) is 19.1 Å². The van der Waals surface area contributed by atoms with E-state index in [0.717, 1.165) is 10.4 Å². The van der Waals surface area contributed by atoms with E-state index in [4.69, 9.17) is 0 Å². The van der Waals surface area contributed by atoms with Gasteiger partial charge in [0.05, 0.1) is 4.70 Å². The third-order valence-corrected chi connectivity index (χ3v) is 2.26. The Labute approximate surface area is 66.7 Å². The molecule has 0 unspecified atom stereocenters. The van der Waals surface area contributed by atoms with E-state index in [1.165, 1.54) is 11.3 Å². The monoisotopic (exact) mass is 166 g/mol. The Bertz CT molecular complexity index is 443. The second-order valence-electron chi connectivity index (χ2n) is 2.31. The van der Waals surface area contributed by atoms with Crippen molar-refractivity contribution in [1.29, 1.82) is 0 Å². The van der Waals surface area contributed by atoms with Crippen molar-refractivity contribution in [3.63, 3.8) is 0 Å². The van der Waals surface area contributed by atoms with Crippen LogP contribution in [0.4, 0.5) is 0 Å². The van der Waals surface area contributed by atoms with E-state index in [1.54, 1.807) is 0 Å². The van der Waals surface area contributed by atoms with Crippen LogP contribution in [-0.2, 0) is 0 Å². The van der Waals surface area contributed by atoms with Crippen molar-refractivity contribution in [2.24, 2.45) is 0 Å². The number of aryl methyl sites for hydroxylation is 1. The molecule has 0 aliphatic heterocycles. The number of H-pyrrole nitrogens is 1. The highest BCUT2D eigenvalue weighted by Crippen LogP contribution is 2.11. The maximum absolute atomic E-state index is 10.8. The lowest BCUT2D eigenvalue weighted by Crippen LogP contribution is -1.91. The summed E-state index contributed by atoms with van der Waals surface area (Å²) in [6.07, 6.45) is 0. The summed E-state index contributed by atoms with van der Waals surface area (Å²) in [6, 6.07) is 3.80. The fourth-order valence-corrected chi connectivity index (χ4v) is 1.61. The van der Waals surface area contributed by atoms with E-state index in [1.807, 2.05) is 19.1 Å². The molecule has 11 heavy (non-hydrogen) atoms. The minimum Gasteiger partial charge on any atom is -0.297 e. The summed E-state index contributed by atoms with van der Waals surface area (Å²) < 4.78 is 0.917. The van der Waals surface area contributed by atoms with Gasteiger partial charge in [0.1, 0.15) is 0 Å². The summed E-state index contributed by atoms with van der Waals surface area (Å²) in [7, 11) is 0.